The SMILES string of the molecule is Cn1nc2c(=O)n(CC3(O)CCN(C(=O)CC(C4CC4)C4CC4)CC3)cnc2c1-c1ccccc1. The molecule has 1 saturated heterocycles. The maximum Gasteiger partial charge on any atom is 0.281 e. The molecule has 3 aromatic rings. The molecule has 1 amide bonds. The van der Waals surface area contributed by atoms with Crippen molar-refractivity contribution in [3.63, 3.8) is 0 Å². The number of likely N-dealkylation sites (tertiary alicyclic amines) is 1. The molecule has 1 aliphatic heterocycles. The van der Waals surface area contributed by atoms with E-state index in [4.69, 9.17) is 0 Å². The van der Waals surface area contributed by atoms with Gasteiger partial charge in [-0.1, -0.05) is 30.3 Å². The second kappa shape index (κ2) is 8.59. The zero-order chi connectivity index (χ0) is 24.2. The number of carbonyl (C=O) groups is 1. The van der Waals surface area contributed by atoms with Gasteiger partial charge in [0.2, 0.25) is 5.91 Å². The van der Waals surface area contributed by atoms with Gasteiger partial charge in [-0.05, 0) is 56.3 Å². The fraction of sp³-hybridized carbons (Fsp3) is 0.556. The van der Waals surface area contributed by atoms with Crippen molar-refractivity contribution in [2.45, 2.75) is 57.1 Å². The third-order valence-corrected chi connectivity index (χ3v) is 8.24. The summed E-state index contributed by atoms with van der Waals surface area (Å²) in [5.74, 6) is 2.32. The number of aliphatic hydroxyl groups is 1. The van der Waals surface area contributed by atoms with Crippen molar-refractivity contribution in [2.24, 2.45) is 24.8 Å². The maximum absolute atomic E-state index is 13.2. The largest absolute Gasteiger partial charge is 0.388 e. The third-order valence-electron chi connectivity index (χ3n) is 8.24. The molecule has 3 aliphatic rings. The highest BCUT2D eigenvalue weighted by Crippen LogP contribution is 2.51. The average molecular weight is 476 g/mol. The number of hydrogen-bond acceptors (Lipinski definition) is 5. The van der Waals surface area contributed by atoms with E-state index in [1.54, 1.807) is 4.68 Å². The lowest BCUT2D eigenvalue weighted by atomic mass is 9.89. The summed E-state index contributed by atoms with van der Waals surface area (Å²) in [5, 5.41) is 15.7. The van der Waals surface area contributed by atoms with Crippen LogP contribution in [0.15, 0.2) is 41.5 Å². The van der Waals surface area contributed by atoms with Crippen molar-refractivity contribution < 1.29 is 9.90 Å². The summed E-state index contributed by atoms with van der Waals surface area (Å²) in [5.41, 5.74) is 1.31. The Morgan fingerprint density at radius 3 is 2.37 bits per heavy atom. The zero-order valence-electron chi connectivity index (χ0n) is 20.3. The van der Waals surface area contributed by atoms with Gasteiger partial charge in [0.05, 0.1) is 24.2 Å². The third kappa shape index (κ3) is 4.40. The van der Waals surface area contributed by atoms with E-state index in [1.165, 1.54) is 36.6 Å². The Morgan fingerprint density at radius 2 is 1.74 bits per heavy atom. The molecule has 0 bridgehead atoms. The first kappa shape index (κ1) is 22.5. The van der Waals surface area contributed by atoms with E-state index in [2.05, 4.69) is 10.1 Å². The molecule has 0 unspecified atom stereocenters. The van der Waals surface area contributed by atoms with Gasteiger partial charge in [-0.25, -0.2) is 4.98 Å². The number of benzene rings is 1. The summed E-state index contributed by atoms with van der Waals surface area (Å²) in [7, 11) is 1.81. The quantitative estimate of drug-likeness (QED) is 0.567. The van der Waals surface area contributed by atoms with Crippen LogP contribution in [0.3, 0.4) is 0 Å². The fourth-order valence-electron chi connectivity index (χ4n) is 5.87. The van der Waals surface area contributed by atoms with Gasteiger partial charge in [-0.3, -0.25) is 18.8 Å². The molecular formula is C27H33N5O3. The molecule has 1 aromatic carbocycles. The molecule has 35 heavy (non-hydrogen) atoms. The van der Waals surface area contributed by atoms with Gasteiger partial charge in [0.25, 0.3) is 5.56 Å². The lowest BCUT2D eigenvalue weighted by molar-refractivity contribution is -0.137. The van der Waals surface area contributed by atoms with E-state index in [1.807, 2.05) is 42.3 Å². The molecule has 2 aliphatic carbocycles. The topological polar surface area (TPSA) is 93.2 Å². The van der Waals surface area contributed by atoms with Crippen LogP contribution in [0, 0.1) is 17.8 Å². The van der Waals surface area contributed by atoms with Gasteiger partial charge < -0.3 is 10.0 Å². The van der Waals surface area contributed by atoms with Gasteiger partial charge >= 0.3 is 0 Å². The van der Waals surface area contributed by atoms with Crippen LogP contribution in [0.4, 0.5) is 0 Å². The van der Waals surface area contributed by atoms with Gasteiger partial charge in [0, 0.05) is 32.1 Å². The van der Waals surface area contributed by atoms with E-state index >= 15 is 0 Å². The molecule has 2 aromatic heterocycles. The number of carbonyl (C=O) groups excluding carboxylic acids is 1. The summed E-state index contributed by atoms with van der Waals surface area (Å²) < 4.78 is 3.16. The summed E-state index contributed by atoms with van der Waals surface area (Å²) >= 11 is 0. The van der Waals surface area contributed by atoms with Crippen LogP contribution >= 0.6 is 0 Å². The van der Waals surface area contributed by atoms with Gasteiger partial charge in [0.1, 0.15) is 5.52 Å². The standard InChI is InChI=1S/C27H33N5O3/c1-30-25(20-5-3-2-4-6-20)23-24(29-30)26(34)32(17-28-23)16-27(35)11-13-31(14-12-27)22(33)15-21(18-7-8-18)19-9-10-19/h2-6,17-19,21,35H,7-16H2,1H3. The predicted octanol–water partition coefficient (Wildman–Crippen LogP) is 2.98. The normalized spacial score (nSPS) is 20.0. The number of amides is 1. The Labute approximate surface area is 204 Å². The Hall–Kier alpha value is -3.00. The van der Waals surface area contributed by atoms with E-state index < -0.39 is 5.60 Å². The lowest BCUT2D eigenvalue weighted by Crippen LogP contribution is -2.50. The number of nitrogens with zero attached hydrogens (tertiary/aromatic N) is 5. The van der Waals surface area contributed by atoms with Crippen LogP contribution in [0.25, 0.3) is 22.3 Å². The minimum atomic E-state index is -1.04. The number of hydrogen-bond donors (Lipinski definition) is 1. The second-order valence-electron chi connectivity index (χ2n) is 10.9. The van der Waals surface area contributed by atoms with E-state index in [0.717, 1.165) is 23.1 Å². The molecule has 184 valence electrons. The lowest BCUT2D eigenvalue weighted by Gasteiger charge is -2.38. The highest BCUT2D eigenvalue weighted by atomic mass is 16.3. The molecule has 2 saturated carbocycles. The first-order valence-corrected chi connectivity index (χ1v) is 12.9. The predicted molar refractivity (Wildman–Crippen MR) is 133 cm³/mol. The fourth-order valence-corrected chi connectivity index (χ4v) is 5.87. The second-order valence-corrected chi connectivity index (χ2v) is 10.9. The molecule has 6 rings (SSSR count). The van der Waals surface area contributed by atoms with E-state index in [9.17, 15) is 14.7 Å². The molecule has 3 heterocycles. The van der Waals surface area contributed by atoms with Crippen LogP contribution in [0.5, 0.6) is 0 Å². The summed E-state index contributed by atoms with van der Waals surface area (Å²) in [4.78, 5) is 32.7. The maximum atomic E-state index is 13.2. The molecule has 3 fully saturated rings. The van der Waals surface area contributed by atoms with E-state index in [0.29, 0.717) is 49.3 Å². The average Bonchev–Trinajstić information content (AvgIpc) is 3.78. The minimum Gasteiger partial charge on any atom is -0.388 e. The van der Waals surface area contributed by atoms with Crippen molar-refractivity contribution in [2.75, 3.05) is 13.1 Å². The van der Waals surface area contributed by atoms with Gasteiger partial charge in [0.15, 0.2) is 5.52 Å². The monoisotopic (exact) mass is 475 g/mol. The van der Waals surface area contributed by atoms with Crippen LogP contribution in [-0.2, 0) is 18.4 Å². The van der Waals surface area contributed by atoms with Crippen LogP contribution in [0.2, 0.25) is 0 Å². The van der Waals surface area contributed by atoms with Crippen LogP contribution in [-0.4, -0.2) is 53.9 Å². The highest BCUT2D eigenvalue weighted by Gasteiger charge is 2.43. The summed E-state index contributed by atoms with van der Waals surface area (Å²) in [6.45, 7) is 1.22. The van der Waals surface area contributed by atoms with E-state index in [-0.39, 0.29) is 18.0 Å². The smallest absolute Gasteiger partial charge is 0.281 e. The molecule has 8 nitrogen and oxygen atoms in total. The van der Waals surface area contributed by atoms with Crippen molar-refractivity contribution in [1.82, 2.24) is 24.2 Å². The molecule has 1 N–H and O–H groups in total. The molecule has 8 heteroatoms. The van der Waals surface area contributed by atoms with Crippen LogP contribution in [0.1, 0.15) is 44.9 Å². The molecule has 0 atom stereocenters. The zero-order valence-corrected chi connectivity index (χ0v) is 20.3. The van der Waals surface area contributed by atoms with Crippen molar-refractivity contribution in [3.8, 4) is 11.3 Å². The number of rotatable bonds is 7. The van der Waals surface area contributed by atoms with Crippen LogP contribution < -0.4 is 5.56 Å². The first-order valence-electron chi connectivity index (χ1n) is 12.9. The first-order chi connectivity index (χ1) is 16.9. The molecular weight excluding hydrogens is 442 g/mol. The van der Waals surface area contributed by atoms with Crippen molar-refractivity contribution in [1.29, 1.82) is 0 Å². The van der Waals surface area contributed by atoms with Crippen molar-refractivity contribution in [3.05, 3.63) is 47.0 Å². The Kier molecular flexibility index (Phi) is 5.51. The van der Waals surface area contributed by atoms with Gasteiger partial charge in [-0.2, -0.15) is 5.10 Å². The highest BCUT2D eigenvalue weighted by molar-refractivity contribution is 5.89. The minimum absolute atomic E-state index is 0.154. The Balaban J connectivity index is 1.15. The van der Waals surface area contributed by atoms with Crippen molar-refractivity contribution >= 4 is 16.9 Å². The summed E-state index contributed by atoms with van der Waals surface area (Å²) in [6, 6.07) is 9.78. The number of aromatic nitrogens is 4. The number of aryl methyl sites for hydroxylation is 1. The molecule has 0 radical (unpaired) electrons. The molecule has 0 spiro atoms. The van der Waals surface area contributed by atoms with Gasteiger partial charge in [-0.15, -0.1) is 0 Å². The number of fused-ring (bicyclic) bond motifs is 1. The number of piperidine rings is 1. The Morgan fingerprint density at radius 1 is 1.09 bits per heavy atom. The Bertz CT molecular complexity index is 1290. The summed E-state index contributed by atoms with van der Waals surface area (Å²) in [6.07, 6.45) is 8.22.